The minimum absolute atomic E-state index is 0.218. The van der Waals surface area contributed by atoms with Crippen molar-refractivity contribution >= 4 is 0 Å². The fourth-order valence-electron chi connectivity index (χ4n) is 1.73. The SMILES string of the molecule is CCCn1nncc1C(N)c1ccc(C)nc1. The van der Waals surface area contributed by atoms with Crippen LogP contribution in [0, 0.1) is 6.92 Å². The van der Waals surface area contributed by atoms with Crippen LogP contribution in [0.25, 0.3) is 0 Å². The molecule has 0 saturated heterocycles. The Morgan fingerprint density at radius 1 is 1.35 bits per heavy atom. The fourth-order valence-corrected chi connectivity index (χ4v) is 1.73. The van der Waals surface area contributed by atoms with Gasteiger partial charge in [-0.15, -0.1) is 5.10 Å². The van der Waals surface area contributed by atoms with Gasteiger partial charge in [-0.3, -0.25) is 4.98 Å². The van der Waals surface area contributed by atoms with Gasteiger partial charge in [0.25, 0.3) is 0 Å². The number of hydrogen-bond donors (Lipinski definition) is 1. The second-order valence-electron chi connectivity index (χ2n) is 4.09. The van der Waals surface area contributed by atoms with Crippen molar-refractivity contribution in [1.29, 1.82) is 0 Å². The zero-order valence-electron chi connectivity index (χ0n) is 10.2. The number of hydrogen-bond acceptors (Lipinski definition) is 4. The van der Waals surface area contributed by atoms with E-state index in [9.17, 15) is 0 Å². The molecule has 2 N–H and O–H groups in total. The van der Waals surface area contributed by atoms with Gasteiger partial charge in [-0.25, -0.2) is 4.68 Å². The van der Waals surface area contributed by atoms with E-state index in [0.717, 1.165) is 29.9 Å². The number of pyridine rings is 1. The number of aromatic nitrogens is 4. The molecule has 1 unspecified atom stereocenters. The molecule has 2 heterocycles. The van der Waals surface area contributed by atoms with Gasteiger partial charge in [0.2, 0.25) is 0 Å². The first-order valence-electron chi connectivity index (χ1n) is 5.79. The van der Waals surface area contributed by atoms with E-state index >= 15 is 0 Å². The molecule has 0 radical (unpaired) electrons. The summed E-state index contributed by atoms with van der Waals surface area (Å²) < 4.78 is 1.85. The van der Waals surface area contributed by atoms with Crippen LogP contribution in [0.1, 0.15) is 36.3 Å². The molecular weight excluding hydrogens is 214 g/mol. The third-order valence-corrected chi connectivity index (χ3v) is 2.70. The van der Waals surface area contributed by atoms with E-state index in [2.05, 4.69) is 22.2 Å². The van der Waals surface area contributed by atoms with Crippen LogP contribution in [-0.2, 0) is 6.54 Å². The van der Waals surface area contributed by atoms with Crippen LogP contribution >= 0.6 is 0 Å². The molecule has 2 aromatic rings. The highest BCUT2D eigenvalue weighted by Crippen LogP contribution is 2.18. The molecule has 0 aliphatic rings. The lowest BCUT2D eigenvalue weighted by Gasteiger charge is -2.13. The topological polar surface area (TPSA) is 69.6 Å². The summed E-state index contributed by atoms with van der Waals surface area (Å²) in [5.41, 5.74) is 9.10. The number of rotatable bonds is 4. The predicted octanol–water partition coefficient (Wildman–Crippen LogP) is 1.44. The van der Waals surface area contributed by atoms with E-state index in [0.29, 0.717) is 0 Å². The normalized spacial score (nSPS) is 12.6. The largest absolute Gasteiger partial charge is 0.319 e. The van der Waals surface area contributed by atoms with Crippen LogP contribution in [-0.4, -0.2) is 20.0 Å². The Morgan fingerprint density at radius 3 is 2.82 bits per heavy atom. The smallest absolute Gasteiger partial charge is 0.0800 e. The van der Waals surface area contributed by atoms with Gasteiger partial charge >= 0.3 is 0 Å². The molecule has 0 bridgehead atoms. The summed E-state index contributed by atoms with van der Waals surface area (Å²) in [4.78, 5) is 4.26. The van der Waals surface area contributed by atoms with Crippen LogP contribution in [0.2, 0.25) is 0 Å². The van der Waals surface area contributed by atoms with Crippen molar-refractivity contribution in [2.75, 3.05) is 0 Å². The second-order valence-corrected chi connectivity index (χ2v) is 4.09. The predicted molar refractivity (Wildman–Crippen MR) is 65.3 cm³/mol. The van der Waals surface area contributed by atoms with Crippen molar-refractivity contribution in [2.24, 2.45) is 5.73 Å². The number of aryl methyl sites for hydroxylation is 2. The third kappa shape index (κ3) is 2.50. The van der Waals surface area contributed by atoms with Crippen LogP contribution in [0.3, 0.4) is 0 Å². The third-order valence-electron chi connectivity index (χ3n) is 2.70. The number of nitrogens with zero attached hydrogens (tertiary/aromatic N) is 4. The summed E-state index contributed by atoms with van der Waals surface area (Å²) in [7, 11) is 0. The maximum Gasteiger partial charge on any atom is 0.0800 e. The van der Waals surface area contributed by atoms with Gasteiger partial charge in [0.05, 0.1) is 17.9 Å². The van der Waals surface area contributed by atoms with Crippen molar-refractivity contribution in [3.05, 3.63) is 41.5 Å². The first-order valence-corrected chi connectivity index (χ1v) is 5.79. The summed E-state index contributed by atoms with van der Waals surface area (Å²) >= 11 is 0. The van der Waals surface area contributed by atoms with Crippen molar-refractivity contribution in [1.82, 2.24) is 20.0 Å². The second kappa shape index (κ2) is 5.05. The van der Waals surface area contributed by atoms with Gasteiger partial charge in [0.15, 0.2) is 0 Å². The van der Waals surface area contributed by atoms with Crippen LogP contribution in [0.5, 0.6) is 0 Å². The summed E-state index contributed by atoms with van der Waals surface area (Å²) in [5.74, 6) is 0. The van der Waals surface area contributed by atoms with E-state index in [4.69, 9.17) is 5.73 Å². The van der Waals surface area contributed by atoms with Gasteiger partial charge in [0.1, 0.15) is 0 Å². The average Bonchev–Trinajstić information content (AvgIpc) is 2.78. The molecule has 90 valence electrons. The maximum atomic E-state index is 6.20. The Kier molecular flexibility index (Phi) is 3.49. The lowest BCUT2D eigenvalue weighted by atomic mass is 10.1. The Bertz CT molecular complexity index is 474. The Balaban J connectivity index is 2.26. The van der Waals surface area contributed by atoms with Crippen molar-refractivity contribution in [3.63, 3.8) is 0 Å². The number of nitrogens with two attached hydrogens (primary N) is 1. The summed E-state index contributed by atoms with van der Waals surface area (Å²) in [5, 5.41) is 7.95. The van der Waals surface area contributed by atoms with Crippen LogP contribution in [0.4, 0.5) is 0 Å². The molecule has 0 aliphatic carbocycles. The molecule has 0 saturated carbocycles. The van der Waals surface area contributed by atoms with E-state index in [-0.39, 0.29) is 6.04 Å². The first kappa shape index (κ1) is 11.7. The van der Waals surface area contributed by atoms with Crippen molar-refractivity contribution in [2.45, 2.75) is 32.9 Å². The molecule has 0 fully saturated rings. The van der Waals surface area contributed by atoms with Crippen LogP contribution < -0.4 is 5.73 Å². The van der Waals surface area contributed by atoms with E-state index in [1.165, 1.54) is 0 Å². The minimum Gasteiger partial charge on any atom is -0.319 e. The standard InChI is InChI=1S/C12H17N5/c1-3-6-17-11(8-15-16-17)12(13)10-5-4-9(2)14-7-10/h4-5,7-8,12H,3,6,13H2,1-2H3. The molecule has 0 spiro atoms. The molecule has 5 heteroatoms. The highest BCUT2D eigenvalue weighted by molar-refractivity contribution is 5.24. The molecule has 0 amide bonds. The van der Waals surface area contributed by atoms with Crippen molar-refractivity contribution < 1.29 is 0 Å². The molecule has 1 atom stereocenters. The van der Waals surface area contributed by atoms with Gasteiger partial charge in [-0.1, -0.05) is 18.2 Å². The zero-order chi connectivity index (χ0) is 12.3. The fraction of sp³-hybridized carbons (Fsp3) is 0.417. The quantitative estimate of drug-likeness (QED) is 0.864. The molecule has 2 rings (SSSR count). The highest BCUT2D eigenvalue weighted by atomic mass is 15.4. The average molecular weight is 231 g/mol. The Labute approximate surface area is 101 Å². The molecule has 0 aliphatic heterocycles. The summed E-state index contributed by atoms with van der Waals surface area (Å²) in [6.45, 7) is 4.89. The zero-order valence-corrected chi connectivity index (χ0v) is 10.2. The monoisotopic (exact) mass is 231 g/mol. The van der Waals surface area contributed by atoms with Gasteiger partial charge in [-0.05, 0) is 25.0 Å². The van der Waals surface area contributed by atoms with E-state index in [1.807, 2.05) is 29.9 Å². The Hall–Kier alpha value is -1.75. The summed E-state index contributed by atoms with van der Waals surface area (Å²) in [6.07, 6.45) is 4.54. The van der Waals surface area contributed by atoms with Gasteiger partial charge in [-0.2, -0.15) is 0 Å². The molecule has 0 aromatic carbocycles. The molecule has 2 aromatic heterocycles. The Morgan fingerprint density at radius 2 is 2.18 bits per heavy atom. The molecular formula is C12H17N5. The van der Waals surface area contributed by atoms with Gasteiger partial charge < -0.3 is 5.73 Å². The highest BCUT2D eigenvalue weighted by Gasteiger charge is 2.14. The lowest BCUT2D eigenvalue weighted by Crippen LogP contribution is -2.17. The molecule has 17 heavy (non-hydrogen) atoms. The van der Waals surface area contributed by atoms with E-state index in [1.54, 1.807) is 6.20 Å². The molecule has 5 nitrogen and oxygen atoms in total. The maximum absolute atomic E-state index is 6.20. The van der Waals surface area contributed by atoms with Crippen molar-refractivity contribution in [3.8, 4) is 0 Å². The van der Waals surface area contributed by atoms with Crippen LogP contribution in [0.15, 0.2) is 24.5 Å². The van der Waals surface area contributed by atoms with E-state index < -0.39 is 0 Å². The minimum atomic E-state index is -0.218. The summed E-state index contributed by atoms with van der Waals surface area (Å²) in [6, 6.07) is 3.74. The van der Waals surface area contributed by atoms with Gasteiger partial charge in [0, 0.05) is 18.4 Å². The first-order chi connectivity index (χ1) is 8.22. The lowest BCUT2D eigenvalue weighted by molar-refractivity contribution is 0.543.